The van der Waals surface area contributed by atoms with E-state index >= 15 is 0 Å². The smallest absolute Gasteiger partial charge is 0.326 e. The maximum absolute atomic E-state index is 12.6. The van der Waals surface area contributed by atoms with Crippen LogP contribution < -0.4 is 21.3 Å². The average Bonchev–Trinajstić information content (AvgIpc) is 2.87. The summed E-state index contributed by atoms with van der Waals surface area (Å²) in [5.41, 5.74) is 0.680. The number of benzene rings is 1. The number of carbonyl (C=O) groups is 5. The predicted octanol–water partition coefficient (Wildman–Crippen LogP) is -0.187. The van der Waals surface area contributed by atoms with E-state index in [0.717, 1.165) is 25.9 Å². The molecule has 204 valence electrons. The number of amides is 3. The van der Waals surface area contributed by atoms with Crippen molar-refractivity contribution in [2.45, 2.75) is 63.1 Å². The van der Waals surface area contributed by atoms with Gasteiger partial charge in [-0.15, -0.1) is 0 Å². The van der Waals surface area contributed by atoms with Gasteiger partial charge < -0.3 is 36.2 Å². The number of unbranched alkanes of at least 4 members (excludes halogenated alkanes) is 1. The third-order valence-corrected chi connectivity index (χ3v) is 5.82. The minimum Gasteiger partial charge on any atom is -0.481 e. The van der Waals surface area contributed by atoms with Gasteiger partial charge in [-0.25, -0.2) is 4.79 Å². The van der Waals surface area contributed by atoms with Gasteiger partial charge in [0, 0.05) is 19.4 Å². The van der Waals surface area contributed by atoms with Gasteiger partial charge in [-0.2, -0.15) is 0 Å². The highest BCUT2D eigenvalue weighted by Gasteiger charge is 2.28. The Morgan fingerprint density at radius 3 is 2.30 bits per heavy atom. The van der Waals surface area contributed by atoms with Crippen LogP contribution >= 0.6 is 0 Å². The predicted molar refractivity (Wildman–Crippen MR) is 133 cm³/mol. The molecule has 12 heteroatoms. The Kier molecular flexibility index (Phi) is 13.1. The summed E-state index contributed by atoms with van der Waals surface area (Å²) >= 11 is 0. The molecule has 12 nitrogen and oxygen atoms in total. The molecule has 1 aromatic carbocycles. The van der Waals surface area contributed by atoms with Crippen molar-refractivity contribution in [3.8, 4) is 0 Å². The summed E-state index contributed by atoms with van der Waals surface area (Å²) < 4.78 is 5.57. The molecule has 0 unspecified atom stereocenters. The Labute approximate surface area is 215 Å². The second-order valence-electron chi connectivity index (χ2n) is 8.87. The fourth-order valence-corrected chi connectivity index (χ4v) is 3.82. The van der Waals surface area contributed by atoms with E-state index in [1.165, 1.54) is 0 Å². The topological polar surface area (TPSA) is 183 Å². The molecule has 0 aliphatic carbocycles. The van der Waals surface area contributed by atoms with E-state index in [1.54, 1.807) is 30.3 Å². The normalized spacial score (nSPS) is 15.2. The first-order valence-corrected chi connectivity index (χ1v) is 12.4. The summed E-state index contributed by atoms with van der Waals surface area (Å²) in [5, 5.41) is 29.3. The summed E-state index contributed by atoms with van der Waals surface area (Å²) in [6.45, 7) is 2.08. The SMILES string of the molecule is O=C(O)C[C@H](NC(=O)CCCCNC(=O)COC1CCNCC1)C(=O)N[C@@H](Cc1ccccc1)C(=O)O. The highest BCUT2D eigenvalue weighted by molar-refractivity contribution is 5.92. The van der Waals surface area contributed by atoms with E-state index in [9.17, 15) is 29.1 Å². The van der Waals surface area contributed by atoms with Crippen LogP contribution in [0.25, 0.3) is 0 Å². The Balaban J connectivity index is 1.72. The first-order chi connectivity index (χ1) is 17.7. The van der Waals surface area contributed by atoms with Crippen LogP contribution in [-0.4, -0.2) is 84.3 Å². The van der Waals surface area contributed by atoms with Gasteiger partial charge in [0.25, 0.3) is 0 Å². The van der Waals surface area contributed by atoms with Crippen LogP contribution in [0.5, 0.6) is 0 Å². The number of carbonyl (C=O) groups excluding carboxylic acids is 3. The van der Waals surface area contributed by atoms with Crippen molar-refractivity contribution in [3.63, 3.8) is 0 Å². The van der Waals surface area contributed by atoms with E-state index < -0.39 is 42.3 Å². The van der Waals surface area contributed by atoms with Crippen molar-refractivity contribution in [2.24, 2.45) is 0 Å². The van der Waals surface area contributed by atoms with Crippen LogP contribution in [0.2, 0.25) is 0 Å². The fraction of sp³-hybridized carbons (Fsp3) is 0.560. The average molecular weight is 521 g/mol. The van der Waals surface area contributed by atoms with Crippen molar-refractivity contribution in [1.29, 1.82) is 0 Å². The molecule has 37 heavy (non-hydrogen) atoms. The van der Waals surface area contributed by atoms with Crippen LogP contribution in [0, 0.1) is 0 Å². The number of piperidine rings is 1. The third kappa shape index (κ3) is 12.3. The first-order valence-electron chi connectivity index (χ1n) is 12.4. The zero-order valence-corrected chi connectivity index (χ0v) is 20.7. The van der Waals surface area contributed by atoms with Crippen LogP contribution in [0.4, 0.5) is 0 Å². The number of aliphatic carboxylic acids is 2. The van der Waals surface area contributed by atoms with Gasteiger partial charge in [0.05, 0.1) is 12.5 Å². The molecule has 1 aliphatic heterocycles. The molecule has 3 amide bonds. The molecule has 1 heterocycles. The molecule has 0 bridgehead atoms. The molecule has 2 atom stereocenters. The third-order valence-electron chi connectivity index (χ3n) is 5.82. The van der Waals surface area contributed by atoms with Crippen LogP contribution in [-0.2, 0) is 35.1 Å². The van der Waals surface area contributed by atoms with Crippen molar-refractivity contribution in [3.05, 3.63) is 35.9 Å². The molecule has 1 aliphatic rings. The second kappa shape index (κ2) is 16.3. The molecule has 6 N–H and O–H groups in total. The molecular formula is C25H36N4O8. The number of rotatable bonds is 16. The highest BCUT2D eigenvalue weighted by Crippen LogP contribution is 2.07. The second-order valence-corrected chi connectivity index (χ2v) is 8.87. The van der Waals surface area contributed by atoms with Gasteiger partial charge >= 0.3 is 11.9 Å². The monoisotopic (exact) mass is 520 g/mol. The van der Waals surface area contributed by atoms with E-state index in [4.69, 9.17) is 9.84 Å². The summed E-state index contributed by atoms with van der Waals surface area (Å²) in [5.74, 6) is -4.26. The van der Waals surface area contributed by atoms with Crippen LogP contribution in [0.3, 0.4) is 0 Å². The first kappa shape index (κ1) is 29.7. The minimum atomic E-state index is -1.42. The van der Waals surface area contributed by atoms with Crippen molar-refractivity contribution in [1.82, 2.24) is 21.3 Å². The zero-order chi connectivity index (χ0) is 27.0. The van der Waals surface area contributed by atoms with Crippen LogP contribution in [0.1, 0.15) is 44.1 Å². The summed E-state index contributed by atoms with van der Waals surface area (Å²) in [4.78, 5) is 59.7. The number of ether oxygens (including phenoxy) is 1. The van der Waals surface area contributed by atoms with Gasteiger partial charge in [-0.1, -0.05) is 30.3 Å². The molecule has 1 saturated heterocycles. The molecule has 0 aromatic heterocycles. The number of carboxylic acid groups (broad SMARTS) is 2. The van der Waals surface area contributed by atoms with E-state index in [-0.39, 0.29) is 31.5 Å². The molecule has 1 aromatic rings. The van der Waals surface area contributed by atoms with E-state index in [1.807, 2.05) is 0 Å². The summed E-state index contributed by atoms with van der Waals surface area (Å²) in [6, 6.07) is 5.95. The van der Waals surface area contributed by atoms with Gasteiger partial charge in [-0.3, -0.25) is 19.2 Å². The molecule has 0 radical (unpaired) electrons. The fourth-order valence-electron chi connectivity index (χ4n) is 3.82. The van der Waals surface area contributed by atoms with Gasteiger partial charge in [0.15, 0.2) is 0 Å². The standard InChI is InChI=1S/C25H36N4O8/c30-21(8-4-5-11-27-22(31)16-37-18-9-12-26-13-10-18)28-19(15-23(32)33)24(34)29-20(25(35)36)14-17-6-2-1-3-7-17/h1-3,6-7,18-20,26H,4-5,8-16H2,(H,27,31)(H,28,30)(H,29,34)(H,32,33)(H,35,36)/t19-,20-/m0/s1. The lowest BCUT2D eigenvalue weighted by Crippen LogP contribution is -2.52. The minimum absolute atomic E-state index is 0.00424. The van der Waals surface area contributed by atoms with E-state index in [2.05, 4.69) is 21.3 Å². The molecule has 0 saturated carbocycles. The summed E-state index contributed by atoms with van der Waals surface area (Å²) in [7, 11) is 0. The lowest BCUT2D eigenvalue weighted by molar-refractivity contribution is -0.143. The van der Waals surface area contributed by atoms with Gasteiger partial charge in [0.1, 0.15) is 18.7 Å². The molecule has 1 fully saturated rings. The lowest BCUT2D eigenvalue weighted by atomic mass is 10.0. The van der Waals surface area contributed by atoms with Gasteiger partial charge in [0.2, 0.25) is 17.7 Å². The quantitative estimate of drug-likeness (QED) is 0.161. The number of hydrogen-bond acceptors (Lipinski definition) is 7. The molecule has 0 spiro atoms. The Bertz CT molecular complexity index is 905. The van der Waals surface area contributed by atoms with Crippen molar-refractivity contribution >= 4 is 29.7 Å². The van der Waals surface area contributed by atoms with Crippen LogP contribution in [0.15, 0.2) is 30.3 Å². The number of hydrogen-bond donors (Lipinski definition) is 6. The highest BCUT2D eigenvalue weighted by atomic mass is 16.5. The molecular weight excluding hydrogens is 484 g/mol. The van der Waals surface area contributed by atoms with Crippen molar-refractivity contribution in [2.75, 3.05) is 26.2 Å². The van der Waals surface area contributed by atoms with E-state index in [0.29, 0.717) is 24.9 Å². The maximum atomic E-state index is 12.6. The number of carboxylic acids is 2. The van der Waals surface area contributed by atoms with Crippen molar-refractivity contribution < 1.29 is 38.9 Å². The maximum Gasteiger partial charge on any atom is 0.326 e. The summed E-state index contributed by atoms with van der Waals surface area (Å²) in [6.07, 6.45) is 2.04. The largest absolute Gasteiger partial charge is 0.481 e. The Morgan fingerprint density at radius 2 is 1.65 bits per heavy atom. The Hall–Kier alpha value is -3.51. The molecule has 2 rings (SSSR count). The lowest BCUT2D eigenvalue weighted by Gasteiger charge is -2.22. The zero-order valence-electron chi connectivity index (χ0n) is 20.7. The number of nitrogens with one attached hydrogen (secondary N) is 4. The Morgan fingerprint density at radius 1 is 0.946 bits per heavy atom. The van der Waals surface area contributed by atoms with Gasteiger partial charge in [-0.05, 0) is 44.3 Å².